The summed E-state index contributed by atoms with van der Waals surface area (Å²) in [5.74, 6) is 2.54. The van der Waals surface area contributed by atoms with Crippen LogP contribution in [0.15, 0.2) is 0 Å². The summed E-state index contributed by atoms with van der Waals surface area (Å²) in [6, 6.07) is 1.59. The molecule has 2 heteroatoms. The monoisotopic (exact) mass is 238 g/mol. The van der Waals surface area contributed by atoms with Gasteiger partial charge in [-0.25, -0.2) is 0 Å². The van der Waals surface area contributed by atoms with Crippen LogP contribution in [-0.4, -0.2) is 36.6 Å². The van der Waals surface area contributed by atoms with Crippen LogP contribution in [0.2, 0.25) is 0 Å². The molecule has 0 amide bonds. The standard InChI is InChI=1S/C15H30N2/c1-11(2)15(9-16-14-5-6-14)17-8-7-12(3)13(4)10-17/h11-16H,5-10H2,1-4H3. The molecule has 2 nitrogen and oxygen atoms in total. The lowest BCUT2D eigenvalue weighted by Crippen LogP contribution is -2.51. The number of hydrogen-bond acceptors (Lipinski definition) is 2. The van der Waals surface area contributed by atoms with Gasteiger partial charge in [-0.2, -0.15) is 0 Å². The average molecular weight is 238 g/mol. The molecule has 1 heterocycles. The second-order valence-corrected chi connectivity index (χ2v) is 6.73. The van der Waals surface area contributed by atoms with Gasteiger partial charge in [0.05, 0.1) is 0 Å². The van der Waals surface area contributed by atoms with E-state index in [1.807, 2.05) is 0 Å². The number of nitrogens with one attached hydrogen (secondary N) is 1. The first kappa shape index (κ1) is 13.4. The molecule has 1 aliphatic carbocycles. The molecule has 0 aromatic rings. The van der Waals surface area contributed by atoms with Crippen molar-refractivity contribution in [2.24, 2.45) is 17.8 Å². The van der Waals surface area contributed by atoms with Gasteiger partial charge in [-0.15, -0.1) is 0 Å². The van der Waals surface area contributed by atoms with E-state index in [1.54, 1.807) is 0 Å². The zero-order valence-corrected chi connectivity index (χ0v) is 12.1. The third-order valence-corrected chi connectivity index (χ3v) is 4.80. The van der Waals surface area contributed by atoms with Crippen molar-refractivity contribution in [3.63, 3.8) is 0 Å². The molecular formula is C15H30N2. The molecule has 0 bridgehead atoms. The molecule has 1 saturated carbocycles. The van der Waals surface area contributed by atoms with E-state index in [1.165, 1.54) is 38.9 Å². The summed E-state index contributed by atoms with van der Waals surface area (Å²) in [6.45, 7) is 13.4. The molecule has 0 spiro atoms. The zero-order chi connectivity index (χ0) is 12.4. The molecule has 1 aliphatic heterocycles. The lowest BCUT2D eigenvalue weighted by atomic mass is 9.86. The molecule has 100 valence electrons. The van der Waals surface area contributed by atoms with Gasteiger partial charge in [0.2, 0.25) is 0 Å². The van der Waals surface area contributed by atoms with E-state index in [0.29, 0.717) is 0 Å². The van der Waals surface area contributed by atoms with Crippen LogP contribution in [0, 0.1) is 17.8 Å². The minimum Gasteiger partial charge on any atom is -0.312 e. The molecule has 2 rings (SSSR count). The fourth-order valence-electron chi connectivity index (χ4n) is 2.96. The highest BCUT2D eigenvalue weighted by molar-refractivity contribution is 4.87. The molecule has 2 aliphatic rings. The molecule has 0 aromatic carbocycles. The van der Waals surface area contributed by atoms with Crippen molar-refractivity contribution >= 4 is 0 Å². The first-order chi connectivity index (χ1) is 8.08. The molecule has 3 atom stereocenters. The Morgan fingerprint density at radius 3 is 2.35 bits per heavy atom. The van der Waals surface area contributed by atoms with Gasteiger partial charge in [-0.1, -0.05) is 27.7 Å². The summed E-state index contributed by atoms with van der Waals surface area (Å²) in [5, 5.41) is 3.72. The second-order valence-electron chi connectivity index (χ2n) is 6.73. The highest BCUT2D eigenvalue weighted by Gasteiger charge is 2.30. The molecule has 2 fully saturated rings. The Bertz CT molecular complexity index is 235. The SMILES string of the molecule is CC(C)C(CNC1CC1)N1CCC(C)C(C)C1. The lowest BCUT2D eigenvalue weighted by Gasteiger charge is -2.42. The summed E-state index contributed by atoms with van der Waals surface area (Å²) >= 11 is 0. The minimum absolute atomic E-state index is 0.741. The maximum Gasteiger partial charge on any atom is 0.0243 e. The number of piperidine rings is 1. The predicted octanol–water partition coefficient (Wildman–Crippen LogP) is 2.74. The van der Waals surface area contributed by atoms with E-state index in [2.05, 4.69) is 37.9 Å². The Kier molecular flexibility index (Phi) is 4.48. The Labute approximate surface area is 107 Å². The van der Waals surface area contributed by atoms with Gasteiger partial charge < -0.3 is 5.32 Å². The van der Waals surface area contributed by atoms with Crippen LogP contribution in [-0.2, 0) is 0 Å². The number of likely N-dealkylation sites (tertiary alicyclic amines) is 1. The smallest absolute Gasteiger partial charge is 0.0243 e. The van der Waals surface area contributed by atoms with Crippen molar-refractivity contribution in [3.05, 3.63) is 0 Å². The van der Waals surface area contributed by atoms with Crippen molar-refractivity contribution in [2.45, 2.75) is 59.0 Å². The van der Waals surface area contributed by atoms with Gasteiger partial charge in [0.1, 0.15) is 0 Å². The first-order valence-electron chi connectivity index (χ1n) is 7.55. The van der Waals surface area contributed by atoms with Crippen LogP contribution < -0.4 is 5.32 Å². The third-order valence-electron chi connectivity index (χ3n) is 4.80. The summed E-state index contributed by atoms with van der Waals surface area (Å²) < 4.78 is 0. The largest absolute Gasteiger partial charge is 0.312 e. The summed E-state index contributed by atoms with van der Waals surface area (Å²) in [5.41, 5.74) is 0. The van der Waals surface area contributed by atoms with Crippen LogP contribution in [0.3, 0.4) is 0 Å². The van der Waals surface area contributed by atoms with Crippen LogP contribution >= 0.6 is 0 Å². The Morgan fingerprint density at radius 1 is 1.12 bits per heavy atom. The van der Waals surface area contributed by atoms with Crippen molar-refractivity contribution < 1.29 is 0 Å². The molecule has 17 heavy (non-hydrogen) atoms. The number of rotatable bonds is 5. The highest BCUT2D eigenvalue weighted by atomic mass is 15.2. The van der Waals surface area contributed by atoms with Gasteiger partial charge in [0, 0.05) is 25.2 Å². The Balaban J connectivity index is 1.85. The average Bonchev–Trinajstić information content (AvgIpc) is 3.07. The third kappa shape index (κ3) is 3.69. The van der Waals surface area contributed by atoms with Gasteiger partial charge in [0.25, 0.3) is 0 Å². The fraction of sp³-hybridized carbons (Fsp3) is 1.00. The van der Waals surface area contributed by atoms with Crippen molar-refractivity contribution in [3.8, 4) is 0 Å². The topological polar surface area (TPSA) is 15.3 Å². The lowest BCUT2D eigenvalue weighted by molar-refractivity contribution is 0.0729. The van der Waals surface area contributed by atoms with Crippen LogP contribution in [0.4, 0.5) is 0 Å². The zero-order valence-electron chi connectivity index (χ0n) is 12.1. The predicted molar refractivity (Wildman–Crippen MR) is 74.2 cm³/mol. The fourth-order valence-corrected chi connectivity index (χ4v) is 2.96. The minimum atomic E-state index is 0.741. The molecule has 3 unspecified atom stereocenters. The van der Waals surface area contributed by atoms with Gasteiger partial charge in [0.15, 0.2) is 0 Å². The van der Waals surface area contributed by atoms with E-state index in [-0.39, 0.29) is 0 Å². The van der Waals surface area contributed by atoms with Gasteiger partial charge in [-0.3, -0.25) is 4.90 Å². The quantitative estimate of drug-likeness (QED) is 0.792. The number of nitrogens with zero attached hydrogens (tertiary/aromatic N) is 1. The molecule has 0 radical (unpaired) electrons. The van der Waals surface area contributed by atoms with Crippen molar-refractivity contribution in [1.82, 2.24) is 10.2 Å². The molecule has 1 saturated heterocycles. The Hall–Kier alpha value is -0.0800. The highest BCUT2D eigenvalue weighted by Crippen LogP contribution is 2.26. The Morgan fingerprint density at radius 2 is 1.82 bits per heavy atom. The van der Waals surface area contributed by atoms with E-state index >= 15 is 0 Å². The summed E-state index contributed by atoms with van der Waals surface area (Å²) in [7, 11) is 0. The van der Waals surface area contributed by atoms with E-state index in [0.717, 1.165) is 29.8 Å². The maximum absolute atomic E-state index is 3.72. The van der Waals surface area contributed by atoms with Crippen LogP contribution in [0.25, 0.3) is 0 Å². The van der Waals surface area contributed by atoms with E-state index in [4.69, 9.17) is 0 Å². The van der Waals surface area contributed by atoms with E-state index in [9.17, 15) is 0 Å². The van der Waals surface area contributed by atoms with E-state index < -0.39 is 0 Å². The maximum atomic E-state index is 3.72. The number of hydrogen-bond donors (Lipinski definition) is 1. The van der Waals surface area contributed by atoms with Gasteiger partial charge >= 0.3 is 0 Å². The summed E-state index contributed by atoms with van der Waals surface area (Å²) in [6.07, 6.45) is 4.18. The van der Waals surface area contributed by atoms with Crippen molar-refractivity contribution in [2.75, 3.05) is 19.6 Å². The van der Waals surface area contributed by atoms with Crippen molar-refractivity contribution in [1.29, 1.82) is 0 Å². The van der Waals surface area contributed by atoms with Crippen LogP contribution in [0.1, 0.15) is 47.0 Å². The second kappa shape index (κ2) is 5.71. The van der Waals surface area contributed by atoms with Gasteiger partial charge in [-0.05, 0) is 43.6 Å². The molecular weight excluding hydrogens is 208 g/mol. The first-order valence-corrected chi connectivity index (χ1v) is 7.55. The normalized spacial score (nSPS) is 33.0. The molecule has 0 aromatic heterocycles. The van der Waals surface area contributed by atoms with Crippen LogP contribution in [0.5, 0.6) is 0 Å². The summed E-state index contributed by atoms with van der Waals surface area (Å²) in [4.78, 5) is 2.74. The molecule has 1 N–H and O–H groups in total.